The van der Waals surface area contributed by atoms with Crippen LogP contribution < -0.4 is 15.0 Å². The molecule has 2 aromatic carbocycles. The molecule has 0 bridgehead atoms. The van der Waals surface area contributed by atoms with Crippen LogP contribution in [0.2, 0.25) is 0 Å². The SMILES string of the molecule is Cc1nc2c(cc(OCC(=O)NCc3cccc(N(C)C)c3)c3ccsc32)s1. The van der Waals surface area contributed by atoms with Crippen LogP contribution in [0.1, 0.15) is 10.6 Å². The highest BCUT2D eigenvalue weighted by Gasteiger charge is 2.13. The summed E-state index contributed by atoms with van der Waals surface area (Å²) >= 11 is 3.29. The number of benzene rings is 2. The number of aromatic nitrogens is 1. The molecule has 7 heteroatoms. The second-order valence-electron chi connectivity index (χ2n) is 6.75. The lowest BCUT2D eigenvalue weighted by atomic mass is 10.2. The monoisotopic (exact) mass is 411 g/mol. The molecule has 4 aromatic rings. The summed E-state index contributed by atoms with van der Waals surface area (Å²) in [6.45, 7) is 2.47. The van der Waals surface area contributed by atoms with Crippen LogP contribution in [0.3, 0.4) is 0 Å². The molecule has 0 aliphatic carbocycles. The summed E-state index contributed by atoms with van der Waals surface area (Å²) in [4.78, 5) is 19.0. The van der Waals surface area contributed by atoms with Gasteiger partial charge in [-0.3, -0.25) is 4.79 Å². The number of hydrogen-bond donors (Lipinski definition) is 1. The molecular weight excluding hydrogens is 390 g/mol. The van der Waals surface area contributed by atoms with Gasteiger partial charge in [-0.2, -0.15) is 0 Å². The molecule has 0 aliphatic heterocycles. The number of nitrogens with zero attached hydrogens (tertiary/aromatic N) is 2. The van der Waals surface area contributed by atoms with Crippen molar-refractivity contribution in [1.29, 1.82) is 0 Å². The van der Waals surface area contributed by atoms with Gasteiger partial charge in [-0.05, 0) is 36.1 Å². The Morgan fingerprint density at radius 2 is 2.11 bits per heavy atom. The predicted molar refractivity (Wildman–Crippen MR) is 118 cm³/mol. The van der Waals surface area contributed by atoms with Crippen LogP contribution in [0, 0.1) is 6.92 Å². The van der Waals surface area contributed by atoms with Crippen molar-refractivity contribution in [3.05, 3.63) is 52.3 Å². The molecule has 0 aliphatic rings. The van der Waals surface area contributed by atoms with E-state index in [0.29, 0.717) is 6.54 Å². The third-order valence-corrected chi connectivity index (χ3v) is 6.28. The van der Waals surface area contributed by atoms with Gasteiger partial charge in [0.25, 0.3) is 5.91 Å². The van der Waals surface area contributed by atoms with Gasteiger partial charge in [0.05, 0.1) is 19.9 Å². The van der Waals surface area contributed by atoms with E-state index < -0.39 is 0 Å². The lowest BCUT2D eigenvalue weighted by molar-refractivity contribution is -0.123. The van der Waals surface area contributed by atoms with Crippen molar-refractivity contribution in [3.8, 4) is 5.75 Å². The Morgan fingerprint density at radius 1 is 1.25 bits per heavy atom. The van der Waals surface area contributed by atoms with E-state index in [2.05, 4.69) is 16.4 Å². The first-order valence-corrected chi connectivity index (χ1v) is 10.6. The zero-order valence-corrected chi connectivity index (χ0v) is 17.6. The Bertz CT molecular complexity index is 1150. The van der Waals surface area contributed by atoms with E-state index in [1.54, 1.807) is 22.7 Å². The molecule has 0 spiro atoms. The van der Waals surface area contributed by atoms with Crippen molar-refractivity contribution in [1.82, 2.24) is 10.3 Å². The molecule has 144 valence electrons. The van der Waals surface area contributed by atoms with Gasteiger partial charge in [-0.1, -0.05) is 12.1 Å². The first-order chi connectivity index (χ1) is 13.5. The van der Waals surface area contributed by atoms with Gasteiger partial charge in [0.15, 0.2) is 6.61 Å². The lowest BCUT2D eigenvalue weighted by Gasteiger charge is -2.14. The summed E-state index contributed by atoms with van der Waals surface area (Å²) in [6.07, 6.45) is 0. The molecule has 0 unspecified atom stereocenters. The van der Waals surface area contributed by atoms with Gasteiger partial charge in [0.1, 0.15) is 5.75 Å². The highest BCUT2D eigenvalue weighted by atomic mass is 32.1. The minimum Gasteiger partial charge on any atom is -0.483 e. The number of carbonyl (C=O) groups excluding carboxylic acids is 1. The number of aryl methyl sites for hydroxylation is 1. The number of fused-ring (bicyclic) bond motifs is 3. The number of carbonyl (C=O) groups is 1. The van der Waals surface area contributed by atoms with E-state index in [9.17, 15) is 4.79 Å². The highest BCUT2D eigenvalue weighted by Crippen LogP contribution is 2.38. The zero-order chi connectivity index (χ0) is 19.7. The maximum absolute atomic E-state index is 12.3. The summed E-state index contributed by atoms with van der Waals surface area (Å²) in [5.41, 5.74) is 3.18. The zero-order valence-electron chi connectivity index (χ0n) is 16.0. The van der Waals surface area contributed by atoms with E-state index in [0.717, 1.165) is 42.3 Å². The maximum atomic E-state index is 12.3. The van der Waals surface area contributed by atoms with Crippen LogP contribution in [-0.2, 0) is 11.3 Å². The average Bonchev–Trinajstić information content (AvgIpc) is 3.30. The van der Waals surface area contributed by atoms with Crippen molar-refractivity contribution in [2.24, 2.45) is 0 Å². The molecule has 4 rings (SSSR count). The Labute approximate surface area is 171 Å². The summed E-state index contributed by atoms with van der Waals surface area (Å²) in [5, 5.41) is 7.00. The predicted octanol–water partition coefficient (Wildman–Crippen LogP) is 4.58. The second-order valence-corrected chi connectivity index (χ2v) is 8.90. The number of hydrogen-bond acceptors (Lipinski definition) is 6. The number of thiophene rings is 1. The van der Waals surface area contributed by atoms with Gasteiger partial charge >= 0.3 is 0 Å². The molecule has 0 radical (unpaired) electrons. The third kappa shape index (κ3) is 3.81. The minimum atomic E-state index is -0.140. The molecule has 0 fully saturated rings. The molecule has 1 N–H and O–H groups in total. The number of thiazole rings is 1. The topological polar surface area (TPSA) is 54.5 Å². The number of amides is 1. The first kappa shape index (κ1) is 18.7. The molecule has 0 saturated carbocycles. The highest BCUT2D eigenvalue weighted by molar-refractivity contribution is 7.21. The summed E-state index contributed by atoms with van der Waals surface area (Å²) in [6, 6.07) is 12.1. The van der Waals surface area contributed by atoms with Crippen LogP contribution in [0.5, 0.6) is 5.75 Å². The normalized spacial score (nSPS) is 11.1. The lowest BCUT2D eigenvalue weighted by Crippen LogP contribution is -2.28. The van der Waals surface area contributed by atoms with E-state index in [1.807, 2.05) is 61.6 Å². The molecule has 5 nitrogen and oxygen atoms in total. The smallest absolute Gasteiger partial charge is 0.258 e. The van der Waals surface area contributed by atoms with Gasteiger partial charge in [0, 0.05) is 37.8 Å². The van der Waals surface area contributed by atoms with Crippen molar-refractivity contribution in [2.75, 3.05) is 25.6 Å². The fourth-order valence-corrected chi connectivity index (χ4v) is 4.88. The van der Waals surface area contributed by atoms with Crippen LogP contribution in [0.25, 0.3) is 20.3 Å². The van der Waals surface area contributed by atoms with Gasteiger partial charge in [0.2, 0.25) is 0 Å². The number of anilines is 1. The van der Waals surface area contributed by atoms with Gasteiger partial charge in [-0.25, -0.2) is 4.98 Å². The molecule has 0 saturated heterocycles. The van der Waals surface area contributed by atoms with E-state index in [4.69, 9.17) is 4.74 Å². The number of ether oxygens (including phenoxy) is 1. The van der Waals surface area contributed by atoms with Crippen molar-refractivity contribution in [3.63, 3.8) is 0 Å². The van der Waals surface area contributed by atoms with Crippen LogP contribution in [0.15, 0.2) is 41.8 Å². The summed E-state index contributed by atoms with van der Waals surface area (Å²) < 4.78 is 8.07. The van der Waals surface area contributed by atoms with Crippen molar-refractivity contribution in [2.45, 2.75) is 13.5 Å². The molecular formula is C21H21N3O2S2. The van der Waals surface area contributed by atoms with Crippen LogP contribution in [-0.4, -0.2) is 31.6 Å². The van der Waals surface area contributed by atoms with E-state index >= 15 is 0 Å². The van der Waals surface area contributed by atoms with Gasteiger partial charge < -0.3 is 15.0 Å². The van der Waals surface area contributed by atoms with E-state index in [1.165, 1.54) is 0 Å². The fourth-order valence-electron chi connectivity index (χ4n) is 3.05. The van der Waals surface area contributed by atoms with Crippen LogP contribution >= 0.6 is 22.7 Å². The minimum absolute atomic E-state index is 0.0123. The molecule has 0 atom stereocenters. The number of rotatable bonds is 6. The quantitative estimate of drug-likeness (QED) is 0.505. The van der Waals surface area contributed by atoms with Gasteiger partial charge in [-0.15, -0.1) is 22.7 Å². The molecule has 28 heavy (non-hydrogen) atoms. The summed E-state index contributed by atoms with van der Waals surface area (Å²) in [7, 11) is 4.00. The fraction of sp³-hybridized carbons (Fsp3) is 0.238. The average molecular weight is 412 g/mol. The Kier molecular flexibility index (Phi) is 5.19. The molecule has 2 heterocycles. The first-order valence-electron chi connectivity index (χ1n) is 8.94. The third-order valence-electron chi connectivity index (χ3n) is 4.44. The Hall–Kier alpha value is -2.64. The molecule has 2 aromatic heterocycles. The summed E-state index contributed by atoms with van der Waals surface area (Å²) in [5.74, 6) is 0.594. The van der Waals surface area contributed by atoms with Crippen LogP contribution in [0.4, 0.5) is 5.69 Å². The molecule has 1 amide bonds. The Balaban J connectivity index is 1.43. The standard InChI is InChI=1S/C21H21N3O2S2/c1-13-23-20-18(28-13)10-17(16-7-8-27-21(16)20)26-12-19(25)22-11-14-5-4-6-15(9-14)24(2)3/h4-10H,11-12H2,1-3H3,(H,22,25). The van der Waals surface area contributed by atoms with Crippen molar-refractivity contribution >= 4 is 54.6 Å². The number of nitrogens with one attached hydrogen (secondary N) is 1. The maximum Gasteiger partial charge on any atom is 0.258 e. The van der Waals surface area contributed by atoms with E-state index in [-0.39, 0.29) is 12.5 Å². The van der Waals surface area contributed by atoms with Crippen molar-refractivity contribution < 1.29 is 9.53 Å². The largest absolute Gasteiger partial charge is 0.483 e. The Morgan fingerprint density at radius 3 is 2.93 bits per heavy atom. The second kappa shape index (κ2) is 7.77.